The second kappa shape index (κ2) is 7.54. The van der Waals surface area contributed by atoms with Crippen molar-refractivity contribution in [2.45, 2.75) is 45.6 Å². The molecule has 0 saturated carbocycles. The van der Waals surface area contributed by atoms with Gasteiger partial charge in [0, 0.05) is 37.3 Å². The van der Waals surface area contributed by atoms with E-state index in [1.807, 2.05) is 28.6 Å². The number of aromatic amines is 1. The first-order chi connectivity index (χ1) is 14.5. The van der Waals surface area contributed by atoms with Crippen LogP contribution in [0, 0.1) is 12.8 Å². The van der Waals surface area contributed by atoms with Gasteiger partial charge < -0.3 is 14.6 Å². The van der Waals surface area contributed by atoms with Gasteiger partial charge in [-0.2, -0.15) is 5.10 Å². The molecule has 7 nitrogen and oxygen atoms in total. The molecule has 0 bridgehead atoms. The molecule has 30 heavy (non-hydrogen) atoms. The number of hydrogen-bond donors (Lipinski definition) is 1. The topological polar surface area (TPSA) is 80.2 Å². The third-order valence-corrected chi connectivity index (χ3v) is 6.75. The van der Waals surface area contributed by atoms with Crippen LogP contribution >= 0.6 is 0 Å². The lowest BCUT2D eigenvalue weighted by atomic mass is 9.97. The fraction of sp³-hybridized carbons (Fsp3) is 0.522. The highest BCUT2D eigenvalue weighted by atomic mass is 16.5. The minimum Gasteiger partial charge on any atom is -0.381 e. The van der Waals surface area contributed by atoms with E-state index < -0.39 is 0 Å². The lowest BCUT2D eigenvalue weighted by Gasteiger charge is -2.30. The minimum absolute atomic E-state index is 0.0813. The number of benzene rings is 1. The van der Waals surface area contributed by atoms with E-state index >= 15 is 0 Å². The van der Waals surface area contributed by atoms with Crippen molar-refractivity contribution < 1.29 is 9.53 Å². The third-order valence-electron chi connectivity index (χ3n) is 6.75. The van der Waals surface area contributed by atoms with Gasteiger partial charge in [0.2, 0.25) is 0 Å². The highest BCUT2D eigenvalue weighted by Gasteiger charge is 2.25. The van der Waals surface area contributed by atoms with Gasteiger partial charge in [-0.05, 0) is 56.2 Å². The Labute approximate surface area is 175 Å². The summed E-state index contributed by atoms with van der Waals surface area (Å²) in [7, 11) is 0. The van der Waals surface area contributed by atoms with Gasteiger partial charge >= 0.3 is 0 Å². The number of piperidine rings is 1. The van der Waals surface area contributed by atoms with E-state index in [0.717, 1.165) is 60.8 Å². The molecule has 0 atom stereocenters. The highest BCUT2D eigenvalue weighted by Crippen LogP contribution is 2.30. The third kappa shape index (κ3) is 3.21. The molecule has 3 aromatic rings. The maximum Gasteiger partial charge on any atom is 0.259 e. The zero-order chi connectivity index (χ0) is 20.8. The standard InChI is InChI=1S/C23H28N4O3/c1-14-3-7-26(8-4-14)23(29)17-12-18-20(11-15(17)2)25-22(28)19-13-24-27(21(18)19)16-5-9-30-10-6-16/h11-14,16H,3-10H2,1-2H3,(H,25,28). The minimum atomic E-state index is -0.140. The van der Waals surface area contributed by atoms with Crippen molar-refractivity contribution in [3.63, 3.8) is 0 Å². The fourth-order valence-electron chi connectivity index (χ4n) is 4.81. The van der Waals surface area contributed by atoms with Crippen molar-refractivity contribution in [3.05, 3.63) is 39.8 Å². The molecule has 1 aromatic carbocycles. The molecule has 5 rings (SSSR count). The van der Waals surface area contributed by atoms with Gasteiger partial charge in [0.25, 0.3) is 11.5 Å². The average Bonchev–Trinajstić information content (AvgIpc) is 3.20. The molecule has 0 radical (unpaired) electrons. The smallest absolute Gasteiger partial charge is 0.259 e. The number of rotatable bonds is 2. The van der Waals surface area contributed by atoms with Gasteiger partial charge in [-0.1, -0.05) is 6.92 Å². The highest BCUT2D eigenvalue weighted by molar-refractivity contribution is 6.07. The summed E-state index contributed by atoms with van der Waals surface area (Å²) in [6, 6.07) is 4.09. The molecule has 4 heterocycles. The Kier molecular flexibility index (Phi) is 4.85. The van der Waals surface area contributed by atoms with E-state index in [1.54, 1.807) is 6.20 Å². The van der Waals surface area contributed by atoms with Gasteiger partial charge in [-0.15, -0.1) is 0 Å². The molecule has 158 valence electrons. The van der Waals surface area contributed by atoms with Gasteiger partial charge in [0.1, 0.15) is 0 Å². The second-order valence-corrected chi connectivity index (χ2v) is 8.84. The number of hydrogen-bond acceptors (Lipinski definition) is 4. The molecular weight excluding hydrogens is 380 g/mol. The molecule has 2 aliphatic rings. The maximum absolute atomic E-state index is 13.3. The molecule has 2 saturated heterocycles. The summed E-state index contributed by atoms with van der Waals surface area (Å²) in [4.78, 5) is 30.9. The summed E-state index contributed by atoms with van der Waals surface area (Å²) >= 11 is 0. The number of aromatic nitrogens is 3. The van der Waals surface area contributed by atoms with Crippen molar-refractivity contribution >= 4 is 27.7 Å². The lowest BCUT2D eigenvalue weighted by Crippen LogP contribution is -2.38. The first-order valence-electron chi connectivity index (χ1n) is 10.9. The van der Waals surface area contributed by atoms with Crippen LogP contribution in [0.25, 0.3) is 21.8 Å². The van der Waals surface area contributed by atoms with Gasteiger partial charge in [-0.25, -0.2) is 0 Å². The Balaban J connectivity index is 1.65. The van der Waals surface area contributed by atoms with Crippen LogP contribution in [-0.4, -0.2) is 51.9 Å². The van der Waals surface area contributed by atoms with Crippen LogP contribution < -0.4 is 5.56 Å². The summed E-state index contributed by atoms with van der Waals surface area (Å²) in [6.45, 7) is 7.19. The van der Waals surface area contributed by atoms with Crippen molar-refractivity contribution in [1.82, 2.24) is 19.7 Å². The number of ether oxygens (including phenoxy) is 1. The van der Waals surface area contributed by atoms with E-state index in [0.29, 0.717) is 30.1 Å². The van der Waals surface area contributed by atoms with Crippen molar-refractivity contribution in [2.24, 2.45) is 5.92 Å². The van der Waals surface area contributed by atoms with E-state index in [9.17, 15) is 9.59 Å². The molecule has 0 spiro atoms. The van der Waals surface area contributed by atoms with Crippen LogP contribution in [-0.2, 0) is 4.74 Å². The predicted molar refractivity (Wildman–Crippen MR) is 116 cm³/mol. The summed E-state index contributed by atoms with van der Waals surface area (Å²) in [6.07, 6.45) is 5.48. The Morgan fingerprint density at radius 3 is 2.60 bits per heavy atom. The number of nitrogens with one attached hydrogen (secondary N) is 1. The number of carbonyl (C=O) groups excluding carboxylic acids is 1. The number of aryl methyl sites for hydroxylation is 1. The Morgan fingerprint density at radius 1 is 1.13 bits per heavy atom. The SMILES string of the molecule is Cc1cc2[nH]c(=O)c3cnn(C4CCOCC4)c3c2cc1C(=O)N1CCC(C)CC1. The number of H-pyrrole nitrogens is 1. The van der Waals surface area contributed by atoms with Crippen molar-refractivity contribution in [3.8, 4) is 0 Å². The van der Waals surface area contributed by atoms with Gasteiger partial charge in [-0.3, -0.25) is 14.3 Å². The summed E-state index contributed by atoms with van der Waals surface area (Å²) < 4.78 is 7.48. The monoisotopic (exact) mass is 408 g/mol. The van der Waals surface area contributed by atoms with E-state index in [4.69, 9.17) is 4.74 Å². The van der Waals surface area contributed by atoms with Crippen LogP contribution in [0.15, 0.2) is 23.1 Å². The number of likely N-dealkylation sites (tertiary alicyclic amines) is 1. The molecular formula is C23H28N4O3. The van der Waals surface area contributed by atoms with E-state index in [-0.39, 0.29) is 17.5 Å². The van der Waals surface area contributed by atoms with Crippen LogP contribution in [0.1, 0.15) is 54.6 Å². The average molecular weight is 409 g/mol. The summed E-state index contributed by atoms with van der Waals surface area (Å²) in [5.74, 6) is 0.753. The molecule has 2 aliphatic heterocycles. The van der Waals surface area contributed by atoms with Crippen molar-refractivity contribution in [1.29, 1.82) is 0 Å². The number of fused-ring (bicyclic) bond motifs is 3. The van der Waals surface area contributed by atoms with Crippen molar-refractivity contribution in [2.75, 3.05) is 26.3 Å². The number of pyridine rings is 1. The molecule has 0 unspecified atom stereocenters. The van der Waals surface area contributed by atoms with Gasteiger partial charge in [0.05, 0.1) is 28.7 Å². The summed E-state index contributed by atoms with van der Waals surface area (Å²) in [5, 5.41) is 6.03. The lowest BCUT2D eigenvalue weighted by molar-refractivity contribution is 0.0675. The van der Waals surface area contributed by atoms with Crippen LogP contribution in [0.3, 0.4) is 0 Å². The van der Waals surface area contributed by atoms with Crippen LogP contribution in [0.2, 0.25) is 0 Å². The second-order valence-electron chi connectivity index (χ2n) is 8.84. The summed E-state index contributed by atoms with van der Waals surface area (Å²) in [5.41, 5.74) is 3.03. The van der Waals surface area contributed by atoms with Crippen LogP contribution in [0.5, 0.6) is 0 Å². The number of amides is 1. The van der Waals surface area contributed by atoms with Gasteiger partial charge in [0.15, 0.2) is 0 Å². The van der Waals surface area contributed by atoms with Crippen LogP contribution in [0.4, 0.5) is 0 Å². The maximum atomic E-state index is 13.3. The Bertz CT molecular complexity index is 1160. The zero-order valence-corrected chi connectivity index (χ0v) is 17.6. The Morgan fingerprint density at radius 2 is 1.87 bits per heavy atom. The number of carbonyl (C=O) groups is 1. The molecule has 1 N–H and O–H groups in total. The molecule has 0 aliphatic carbocycles. The molecule has 2 aromatic heterocycles. The molecule has 1 amide bonds. The normalized spacial score (nSPS) is 19.1. The van der Waals surface area contributed by atoms with E-state index in [1.165, 1.54) is 0 Å². The zero-order valence-electron chi connectivity index (χ0n) is 17.6. The molecule has 2 fully saturated rings. The predicted octanol–water partition coefficient (Wildman–Crippen LogP) is 3.41. The molecule has 7 heteroatoms. The largest absolute Gasteiger partial charge is 0.381 e. The first-order valence-corrected chi connectivity index (χ1v) is 10.9. The Hall–Kier alpha value is -2.67. The van der Waals surface area contributed by atoms with E-state index in [2.05, 4.69) is 17.0 Å². The quantitative estimate of drug-likeness (QED) is 0.705. The fourth-order valence-corrected chi connectivity index (χ4v) is 4.81. The first kappa shape index (κ1) is 19.3. The number of nitrogens with zero attached hydrogens (tertiary/aromatic N) is 3.